The first-order chi connectivity index (χ1) is 4.88. The number of hydrogen-bond donors (Lipinski definition) is 0. The van der Waals surface area contributed by atoms with Crippen LogP contribution in [0.1, 0.15) is 23.7 Å². The Balaban J connectivity index is 2.51. The van der Waals surface area contributed by atoms with Crippen LogP contribution in [0.2, 0.25) is 0 Å². The number of fused-ring (bicyclic) bond motifs is 1. The van der Waals surface area contributed by atoms with E-state index in [0.717, 1.165) is 12.0 Å². The molecule has 1 aliphatic rings. The molecule has 0 N–H and O–H groups in total. The van der Waals surface area contributed by atoms with Crippen molar-refractivity contribution in [2.24, 2.45) is 0 Å². The maximum absolute atomic E-state index is 12.9. The Kier molecular flexibility index (Phi) is 1.23. The van der Waals surface area contributed by atoms with E-state index in [-0.39, 0.29) is 0 Å². The Morgan fingerprint density at radius 1 is 1.30 bits per heavy atom. The molecule has 0 heterocycles. The first-order valence-corrected chi connectivity index (χ1v) is 3.60. The van der Waals surface area contributed by atoms with Gasteiger partial charge >= 0.3 is 0 Å². The van der Waals surface area contributed by atoms with Gasteiger partial charge in [-0.15, -0.1) is 0 Å². The van der Waals surface area contributed by atoms with Gasteiger partial charge in [0.05, 0.1) is 0 Å². The molecule has 0 aliphatic heterocycles. The van der Waals surface area contributed by atoms with Gasteiger partial charge in [0.25, 0.3) is 0 Å². The van der Waals surface area contributed by atoms with Crippen molar-refractivity contribution in [2.45, 2.75) is 19.0 Å². The summed E-state index contributed by atoms with van der Waals surface area (Å²) in [4.78, 5) is 0. The lowest BCUT2D eigenvalue weighted by Gasteiger charge is -1.97. The number of hydrogen-bond acceptors (Lipinski definition) is 0. The maximum atomic E-state index is 12.9. The number of rotatable bonds is 0. The van der Waals surface area contributed by atoms with Crippen molar-refractivity contribution in [1.82, 2.24) is 0 Å². The summed E-state index contributed by atoms with van der Waals surface area (Å²) < 4.78 is 12.9. The van der Waals surface area contributed by atoms with Crippen molar-refractivity contribution in [1.29, 1.82) is 0 Å². The fourth-order valence-electron chi connectivity index (χ4n) is 1.51. The molecule has 0 spiro atoms. The third-order valence-corrected chi connectivity index (χ3v) is 2.06. The van der Waals surface area contributed by atoms with Gasteiger partial charge in [0.1, 0.15) is 6.17 Å². The predicted octanol–water partition coefficient (Wildman–Crippen LogP) is 2.64. The average Bonchev–Trinajstić information content (AvgIpc) is 2.34. The van der Waals surface area contributed by atoms with Crippen molar-refractivity contribution in [3.8, 4) is 0 Å². The van der Waals surface area contributed by atoms with Gasteiger partial charge in [0.15, 0.2) is 0 Å². The number of halogens is 1. The van der Waals surface area contributed by atoms with Crippen LogP contribution in [0.4, 0.5) is 4.39 Å². The standard InChI is InChI=1S/C9H9F/c10-9-6-5-7-3-1-2-4-8(7)9/h1-4,9H,5-6H2. The fourth-order valence-corrected chi connectivity index (χ4v) is 1.51. The molecule has 1 aromatic carbocycles. The van der Waals surface area contributed by atoms with Crippen LogP contribution in [0, 0.1) is 0 Å². The minimum Gasteiger partial charge on any atom is -0.242 e. The van der Waals surface area contributed by atoms with Gasteiger partial charge in [-0.2, -0.15) is 0 Å². The van der Waals surface area contributed by atoms with E-state index in [0.29, 0.717) is 6.42 Å². The summed E-state index contributed by atoms with van der Waals surface area (Å²) in [5.41, 5.74) is 2.09. The Morgan fingerprint density at radius 2 is 2.10 bits per heavy atom. The predicted molar refractivity (Wildman–Crippen MR) is 38.6 cm³/mol. The molecule has 0 saturated carbocycles. The van der Waals surface area contributed by atoms with Crippen LogP contribution in [-0.2, 0) is 6.42 Å². The van der Waals surface area contributed by atoms with Crippen LogP contribution in [0.25, 0.3) is 0 Å². The van der Waals surface area contributed by atoms with E-state index in [9.17, 15) is 4.39 Å². The minimum absolute atomic E-state index is 0.680. The van der Waals surface area contributed by atoms with Crippen LogP contribution in [0.5, 0.6) is 0 Å². The number of benzene rings is 1. The van der Waals surface area contributed by atoms with Crippen LogP contribution < -0.4 is 0 Å². The molecule has 0 radical (unpaired) electrons. The molecule has 1 heteroatoms. The van der Waals surface area contributed by atoms with Gasteiger partial charge in [-0.25, -0.2) is 4.39 Å². The molecule has 1 unspecified atom stereocenters. The Bertz CT molecular complexity index is 242. The van der Waals surface area contributed by atoms with E-state index in [1.807, 2.05) is 24.3 Å². The molecule has 2 rings (SSSR count). The molecule has 0 saturated heterocycles. The highest BCUT2D eigenvalue weighted by molar-refractivity contribution is 5.32. The Hall–Kier alpha value is -0.850. The van der Waals surface area contributed by atoms with E-state index >= 15 is 0 Å². The van der Waals surface area contributed by atoms with Gasteiger partial charge in [-0.05, 0) is 24.0 Å². The molecule has 0 bridgehead atoms. The molecule has 1 aromatic rings. The second-order valence-electron chi connectivity index (χ2n) is 2.71. The highest BCUT2D eigenvalue weighted by atomic mass is 19.1. The second-order valence-corrected chi connectivity index (χ2v) is 2.71. The Morgan fingerprint density at radius 3 is 2.90 bits per heavy atom. The smallest absolute Gasteiger partial charge is 0.126 e. The van der Waals surface area contributed by atoms with E-state index in [2.05, 4.69) is 0 Å². The van der Waals surface area contributed by atoms with Crippen LogP contribution in [0.15, 0.2) is 24.3 Å². The highest BCUT2D eigenvalue weighted by Gasteiger charge is 2.20. The zero-order valence-corrected chi connectivity index (χ0v) is 5.68. The van der Waals surface area contributed by atoms with Gasteiger partial charge in [0, 0.05) is 0 Å². The van der Waals surface area contributed by atoms with E-state index < -0.39 is 6.17 Å². The van der Waals surface area contributed by atoms with Crippen molar-refractivity contribution < 1.29 is 4.39 Å². The van der Waals surface area contributed by atoms with Gasteiger partial charge in [-0.3, -0.25) is 0 Å². The monoisotopic (exact) mass is 136 g/mol. The maximum Gasteiger partial charge on any atom is 0.126 e. The summed E-state index contributed by atoms with van der Waals surface area (Å²) in [6.07, 6.45) is 0.896. The second kappa shape index (κ2) is 2.08. The van der Waals surface area contributed by atoms with Crippen molar-refractivity contribution in [3.63, 3.8) is 0 Å². The molecule has 0 amide bonds. The highest BCUT2D eigenvalue weighted by Crippen LogP contribution is 2.33. The zero-order chi connectivity index (χ0) is 6.97. The lowest BCUT2D eigenvalue weighted by atomic mass is 10.1. The summed E-state index contributed by atoms with van der Waals surface area (Å²) >= 11 is 0. The van der Waals surface area contributed by atoms with Crippen LogP contribution in [0.3, 0.4) is 0 Å². The third-order valence-electron chi connectivity index (χ3n) is 2.06. The van der Waals surface area contributed by atoms with Gasteiger partial charge < -0.3 is 0 Å². The average molecular weight is 136 g/mol. The first kappa shape index (κ1) is 5.90. The van der Waals surface area contributed by atoms with Crippen molar-refractivity contribution >= 4 is 0 Å². The molecule has 10 heavy (non-hydrogen) atoms. The summed E-state index contributed by atoms with van der Waals surface area (Å²) in [7, 11) is 0. The topological polar surface area (TPSA) is 0 Å². The van der Waals surface area contributed by atoms with Crippen LogP contribution >= 0.6 is 0 Å². The van der Waals surface area contributed by atoms with E-state index in [1.165, 1.54) is 5.56 Å². The normalized spacial score (nSPS) is 22.7. The first-order valence-electron chi connectivity index (χ1n) is 3.60. The van der Waals surface area contributed by atoms with Gasteiger partial charge in [0.2, 0.25) is 0 Å². The number of alkyl halides is 1. The van der Waals surface area contributed by atoms with Crippen molar-refractivity contribution in [3.05, 3.63) is 35.4 Å². The molecule has 0 nitrogen and oxygen atoms in total. The molecule has 1 atom stereocenters. The SMILES string of the molecule is FC1CCc2ccccc21. The minimum atomic E-state index is -0.698. The molecular weight excluding hydrogens is 127 g/mol. The Labute approximate surface area is 59.7 Å². The molecule has 0 aromatic heterocycles. The summed E-state index contributed by atoms with van der Waals surface area (Å²) in [6, 6.07) is 7.76. The quantitative estimate of drug-likeness (QED) is 0.514. The third kappa shape index (κ3) is 0.737. The lowest BCUT2D eigenvalue weighted by Crippen LogP contribution is -1.81. The zero-order valence-electron chi connectivity index (χ0n) is 5.68. The summed E-state index contributed by atoms with van der Waals surface area (Å²) in [5.74, 6) is 0. The fraction of sp³-hybridized carbons (Fsp3) is 0.333. The van der Waals surface area contributed by atoms with Gasteiger partial charge in [-0.1, -0.05) is 24.3 Å². The van der Waals surface area contributed by atoms with Crippen LogP contribution in [-0.4, -0.2) is 0 Å². The van der Waals surface area contributed by atoms with E-state index in [1.54, 1.807) is 0 Å². The van der Waals surface area contributed by atoms with Crippen molar-refractivity contribution in [2.75, 3.05) is 0 Å². The van der Waals surface area contributed by atoms with E-state index in [4.69, 9.17) is 0 Å². The number of aryl methyl sites for hydroxylation is 1. The summed E-state index contributed by atoms with van der Waals surface area (Å²) in [6.45, 7) is 0. The molecule has 52 valence electrons. The lowest BCUT2D eigenvalue weighted by molar-refractivity contribution is 0.344. The summed E-state index contributed by atoms with van der Waals surface area (Å²) in [5, 5.41) is 0. The molecule has 1 aliphatic carbocycles. The largest absolute Gasteiger partial charge is 0.242 e. The molecular formula is C9H9F. The molecule has 0 fully saturated rings.